The van der Waals surface area contributed by atoms with Gasteiger partial charge in [-0.15, -0.1) is 0 Å². The molecule has 1 heterocycles. The zero-order valence-corrected chi connectivity index (χ0v) is 14.3. The second kappa shape index (κ2) is 7.49. The van der Waals surface area contributed by atoms with E-state index in [-0.39, 0.29) is 17.4 Å². The predicted molar refractivity (Wildman–Crippen MR) is 92.6 cm³/mol. The highest BCUT2D eigenvalue weighted by molar-refractivity contribution is 5.95. The normalized spacial score (nSPS) is 15.2. The molecule has 23 heavy (non-hydrogen) atoms. The van der Waals surface area contributed by atoms with E-state index < -0.39 is 0 Å². The van der Waals surface area contributed by atoms with Gasteiger partial charge in [-0.3, -0.25) is 9.59 Å². The summed E-state index contributed by atoms with van der Waals surface area (Å²) in [5.74, 6) is 0.0488. The fourth-order valence-corrected chi connectivity index (χ4v) is 2.59. The first-order valence-corrected chi connectivity index (χ1v) is 8.29. The van der Waals surface area contributed by atoms with E-state index in [1.807, 2.05) is 37.8 Å². The minimum Gasteiger partial charge on any atom is -0.376 e. The molecule has 1 aliphatic rings. The van der Waals surface area contributed by atoms with Crippen molar-refractivity contribution in [1.29, 1.82) is 0 Å². The van der Waals surface area contributed by atoms with E-state index in [0.29, 0.717) is 12.1 Å². The van der Waals surface area contributed by atoms with Crippen molar-refractivity contribution in [3.63, 3.8) is 0 Å². The lowest BCUT2D eigenvalue weighted by Crippen LogP contribution is -2.40. The number of nitrogens with zero attached hydrogens (tertiary/aromatic N) is 1. The van der Waals surface area contributed by atoms with Gasteiger partial charge in [0.05, 0.1) is 6.54 Å². The van der Waals surface area contributed by atoms with E-state index in [9.17, 15) is 9.59 Å². The van der Waals surface area contributed by atoms with Gasteiger partial charge in [-0.25, -0.2) is 0 Å². The second-order valence-corrected chi connectivity index (χ2v) is 7.08. The Kier molecular flexibility index (Phi) is 5.64. The van der Waals surface area contributed by atoms with Crippen molar-refractivity contribution in [1.82, 2.24) is 10.2 Å². The van der Waals surface area contributed by atoms with Crippen LogP contribution in [0.1, 0.15) is 50.4 Å². The molecule has 0 atom stereocenters. The van der Waals surface area contributed by atoms with Crippen molar-refractivity contribution in [3.8, 4) is 0 Å². The smallest absolute Gasteiger partial charge is 0.251 e. The molecule has 0 bridgehead atoms. The minimum absolute atomic E-state index is 0.0894. The maximum absolute atomic E-state index is 12.1. The van der Waals surface area contributed by atoms with Crippen LogP contribution in [-0.4, -0.2) is 41.9 Å². The number of nitrogens with one attached hydrogen (secondary N) is 2. The maximum Gasteiger partial charge on any atom is 0.251 e. The molecule has 1 aliphatic heterocycles. The van der Waals surface area contributed by atoms with Crippen LogP contribution in [0.25, 0.3) is 0 Å². The van der Waals surface area contributed by atoms with E-state index in [0.717, 1.165) is 31.6 Å². The molecule has 1 aromatic carbocycles. The molecule has 5 nitrogen and oxygen atoms in total. The molecule has 0 saturated carbocycles. The van der Waals surface area contributed by atoms with Crippen LogP contribution >= 0.6 is 0 Å². The Bertz CT molecular complexity index is 540. The zero-order valence-electron chi connectivity index (χ0n) is 14.3. The molecule has 1 aromatic rings. The van der Waals surface area contributed by atoms with E-state index in [2.05, 4.69) is 10.6 Å². The molecule has 1 saturated heterocycles. The summed E-state index contributed by atoms with van der Waals surface area (Å²) in [7, 11) is 0. The zero-order chi connectivity index (χ0) is 16.9. The van der Waals surface area contributed by atoms with E-state index in [1.165, 1.54) is 6.42 Å². The highest BCUT2D eigenvalue weighted by Crippen LogP contribution is 2.12. The number of piperidine rings is 1. The number of carbonyl (C=O) groups is 2. The number of amides is 2. The molecule has 2 amide bonds. The number of carbonyl (C=O) groups excluding carboxylic acids is 2. The Hall–Kier alpha value is -2.04. The first kappa shape index (κ1) is 17.3. The summed E-state index contributed by atoms with van der Waals surface area (Å²) in [5.41, 5.74) is 1.21. The van der Waals surface area contributed by atoms with Crippen molar-refractivity contribution in [2.24, 2.45) is 0 Å². The van der Waals surface area contributed by atoms with Gasteiger partial charge in [0.1, 0.15) is 0 Å². The molecular weight excluding hydrogens is 290 g/mol. The summed E-state index contributed by atoms with van der Waals surface area (Å²) in [6, 6.07) is 7.21. The number of rotatable bonds is 4. The van der Waals surface area contributed by atoms with Crippen molar-refractivity contribution in [2.75, 3.05) is 25.0 Å². The molecular formula is C18H27N3O2. The highest BCUT2D eigenvalue weighted by Gasteiger charge is 2.17. The molecule has 1 fully saturated rings. The van der Waals surface area contributed by atoms with Crippen LogP contribution in [0, 0.1) is 0 Å². The van der Waals surface area contributed by atoms with Crippen LogP contribution < -0.4 is 10.6 Å². The molecule has 0 aromatic heterocycles. The largest absolute Gasteiger partial charge is 0.376 e. The third-order valence-electron chi connectivity index (χ3n) is 3.79. The Morgan fingerprint density at radius 1 is 1.04 bits per heavy atom. The standard InChI is InChI=1S/C18H27N3O2/c1-18(2,3)20-17(23)14-7-9-15(10-8-14)19-13-16(22)21-11-5-4-6-12-21/h7-10,19H,4-6,11-13H2,1-3H3,(H,20,23). The van der Waals surface area contributed by atoms with Gasteiger partial charge < -0.3 is 15.5 Å². The van der Waals surface area contributed by atoms with Gasteiger partial charge in [0, 0.05) is 29.9 Å². The summed E-state index contributed by atoms with van der Waals surface area (Å²) >= 11 is 0. The Balaban J connectivity index is 1.85. The minimum atomic E-state index is -0.255. The van der Waals surface area contributed by atoms with Crippen molar-refractivity contribution < 1.29 is 9.59 Å². The Morgan fingerprint density at radius 2 is 1.65 bits per heavy atom. The summed E-state index contributed by atoms with van der Waals surface area (Å²) in [4.78, 5) is 26.1. The van der Waals surface area contributed by atoms with Crippen molar-refractivity contribution in [3.05, 3.63) is 29.8 Å². The molecule has 5 heteroatoms. The third kappa shape index (κ3) is 5.58. The first-order valence-electron chi connectivity index (χ1n) is 8.29. The molecule has 0 radical (unpaired) electrons. The molecule has 0 spiro atoms. The lowest BCUT2D eigenvalue weighted by Gasteiger charge is -2.26. The van der Waals surface area contributed by atoms with Gasteiger partial charge >= 0.3 is 0 Å². The third-order valence-corrected chi connectivity index (χ3v) is 3.79. The molecule has 0 aliphatic carbocycles. The summed E-state index contributed by atoms with van der Waals surface area (Å²) in [5, 5.41) is 6.06. The highest BCUT2D eigenvalue weighted by atomic mass is 16.2. The van der Waals surface area contributed by atoms with Gasteiger partial charge in [-0.2, -0.15) is 0 Å². The number of hydrogen-bond acceptors (Lipinski definition) is 3. The maximum atomic E-state index is 12.1. The first-order chi connectivity index (χ1) is 10.8. The van der Waals surface area contributed by atoms with Gasteiger partial charge in [0.25, 0.3) is 5.91 Å². The van der Waals surface area contributed by atoms with Crippen LogP contribution in [0.5, 0.6) is 0 Å². The summed E-state index contributed by atoms with van der Waals surface area (Å²) in [6.07, 6.45) is 3.42. The molecule has 0 unspecified atom stereocenters. The van der Waals surface area contributed by atoms with Crippen LogP contribution in [0.2, 0.25) is 0 Å². The van der Waals surface area contributed by atoms with Crippen molar-refractivity contribution >= 4 is 17.5 Å². The summed E-state index contributed by atoms with van der Waals surface area (Å²) < 4.78 is 0. The van der Waals surface area contributed by atoms with E-state index in [1.54, 1.807) is 12.1 Å². The average Bonchev–Trinajstić information content (AvgIpc) is 2.52. The average molecular weight is 317 g/mol. The van der Waals surface area contributed by atoms with Gasteiger partial charge in [-0.05, 0) is 64.3 Å². The lowest BCUT2D eigenvalue weighted by atomic mass is 10.1. The lowest BCUT2D eigenvalue weighted by molar-refractivity contribution is -0.130. The van der Waals surface area contributed by atoms with Crippen LogP contribution in [0.3, 0.4) is 0 Å². The molecule has 2 N–H and O–H groups in total. The monoisotopic (exact) mass is 317 g/mol. The number of hydrogen-bond donors (Lipinski definition) is 2. The van der Waals surface area contributed by atoms with Gasteiger partial charge in [0.15, 0.2) is 0 Å². The van der Waals surface area contributed by atoms with Crippen LogP contribution in [-0.2, 0) is 4.79 Å². The SMILES string of the molecule is CC(C)(C)NC(=O)c1ccc(NCC(=O)N2CCCCC2)cc1. The van der Waals surface area contributed by atoms with Gasteiger partial charge in [-0.1, -0.05) is 0 Å². The van der Waals surface area contributed by atoms with Crippen LogP contribution in [0.15, 0.2) is 24.3 Å². The fraction of sp³-hybridized carbons (Fsp3) is 0.556. The number of benzene rings is 1. The number of likely N-dealkylation sites (tertiary alicyclic amines) is 1. The van der Waals surface area contributed by atoms with Crippen molar-refractivity contribution in [2.45, 2.75) is 45.6 Å². The fourth-order valence-electron chi connectivity index (χ4n) is 2.59. The van der Waals surface area contributed by atoms with Gasteiger partial charge in [0.2, 0.25) is 5.91 Å². The van der Waals surface area contributed by atoms with E-state index in [4.69, 9.17) is 0 Å². The second-order valence-electron chi connectivity index (χ2n) is 7.08. The Morgan fingerprint density at radius 3 is 2.22 bits per heavy atom. The number of anilines is 1. The quantitative estimate of drug-likeness (QED) is 0.897. The molecule has 126 valence electrons. The van der Waals surface area contributed by atoms with Crippen LogP contribution in [0.4, 0.5) is 5.69 Å². The summed E-state index contributed by atoms with van der Waals surface area (Å²) in [6.45, 7) is 7.89. The van der Waals surface area contributed by atoms with E-state index >= 15 is 0 Å². The predicted octanol–water partition coefficient (Wildman–Crippen LogP) is 2.64. The molecule has 2 rings (SSSR count). The Labute approximate surface area is 138 Å². The topological polar surface area (TPSA) is 61.4 Å².